The van der Waals surface area contributed by atoms with E-state index >= 15 is 0 Å². The zero-order valence-corrected chi connectivity index (χ0v) is 11.2. The lowest BCUT2D eigenvalue weighted by atomic mass is 9.99. The Labute approximate surface area is 109 Å². The minimum absolute atomic E-state index is 0.194. The zero-order valence-electron chi connectivity index (χ0n) is 11.2. The minimum atomic E-state index is -0.194. The van der Waals surface area contributed by atoms with E-state index in [4.69, 9.17) is 4.74 Å². The van der Waals surface area contributed by atoms with E-state index in [-0.39, 0.29) is 5.82 Å². The molecule has 18 heavy (non-hydrogen) atoms. The Morgan fingerprint density at radius 3 is 2.72 bits per heavy atom. The Morgan fingerprint density at radius 2 is 2.11 bits per heavy atom. The number of hydrogen-bond donors (Lipinski definition) is 1. The van der Waals surface area contributed by atoms with Crippen LogP contribution in [0.3, 0.4) is 0 Å². The summed E-state index contributed by atoms with van der Waals surface area (Å²) < 4.78 is 18.7. The molecule has 1 aromatic carbocycles. The number of hydrogen-bond acceptors (Lipinski definition) is 2. The predicted molar refractivity (Wildman–Crippen MR) is 71.2 cm³/mol. The van der Waals surface area contributed by atoms with Crippen LogP contribution in [0, 0.1) is 11.7 Å². The van der Waals surface area contributed by atoms with Gasteiger partial charge in [0.25, 0.3) is 0 Å². The summed E-state index contributed by atoms with van der Waals surface area (Å²) in [6.45, 7) is 2.80. The molecule has 1 aromatic rings. The van der Waals surface area contributed by atoms with Gasteiger partial charge in [0.1, 0.15) is 11.6 Å². The second kappa shape index (κ2) is 6.19. The molecule has 0 bridgehead atoms. The monoisotopic (exact) mass is 251 g/mol. The Morgan fingerprint density at radius 1 is 1.39 bits per heavy atom. The molecule has 1 saturated carbocycles. The number of nitrogens with one attached hydrogen (secondary N) is 1. The first-order valence-corrected chi connectivity index (χ1v) is 6.76. The largest absolute Gasteiger partial charge is 0.497 e. The Balaban J connectivity index is 1.89. The van der Waals surface area contributed by atoms with Gasteiger partial charge in [-0.25, -0.2) is 4.39 Å². The van der Waals surface area contributed by atoms with Crippen LogP contribution in [0.4, 0.5) is 4.39 Å². The first kappa shape index (κ1) is 13.3. The van der Waals surface area contributed by atoms with Crippen LogP contribution in [-0.2, 0) is 6.54 Å². The SMILES string of the molecule is COc1ccc(CN[C@@H](C)C2CCCC2)c(F)c1. The molecule has 0 heterocycles. The fourth-order valence-corrected chi connectivity index (χ4v) is 2.69. The van der Waals surface area contributed by atoms with E-state index in [1.54, 1.807) is 19.2 Å². The van der Waals surface area contributed by atoms with Crippen LogP contribution in [0.15, 0.2) is 18.2 Å². The van der Waals surface area contributed by atoms with E-state index < -0.39 is 0 Å². The van der Waals surface area contributed by atoms with Crippen molar-refractivity contribution in [3.8, 4) is 5.75 Å². The van der Waals surface area contributed by atoms with Crippen molar-refractivity contribution in [3.63, 3.8) is 0 Å². The molecule has 0 unspecified atom stereocenters. The number of methoxy groups -OCH3 is 1. The smallest absolute Gasteiger partial charge is 0.131 e. The molecule has 100 valence electrons. The van der Waals surface area contributed by atoms with Gasteiger partial charge in [-0.15, -0.1) is 0 Å². The van der Waals surface area contributed by atoms with Crippen molar-refractivity contribution in [2.45, 2.75) is 45.2 Å². The van der Waals surface area contributed by atoms with Gasteiger partial charge < -0.3 is 10.1 Å². The fourth-order valence-electron chi connectivity index (χ4n) is 2.69. The first-order valence-electron chi connectivity index (χ1n) is 6.76. The van der Waals surface area contributed by atoms with Crippen molar-refractivity contribution >= 4 is 0 Å². The molecule has 0 aliphatic heterocycles. The molecule has 0 radical (unpaired) electrons. The standard InChI is InChI=1S/C15H22FNO/c1-11(12-5-3-4-6-12)17-10-13-7-8-14(18-2)9-15(13)16/h7-9,11-12,17H,3-6,10H2,1-2H3/t11-/m0/s1. The minimum Gasteiger partial charge on any atom is -0.497 e. The van der Waals surface area contributed by atoms with Crippen molar-refractivity contribution < 1.29 is 9.13 Å². The van der Waals surface area contributed by atoms with E-state index in [9.17, 15) is 4.39 Å². The summed E-state index contributed by atoms with van der Waals surface area (Å²) in [4.78, 5) is 0. The molecule has 1 aliphatic rings. The highest BCUT2D eigenvalue weighted by atomic mass is 19.1. The number of ether oxygens (including phenoxy) is 1. The van der Waals surface area contributed by atoms with Crippen molar-refractivity contribution in [1.82, 2.24) is 5.32 Å². The number of halogens is 1. The maximum Gasteiger partial charge on any atom is 0.131 e. The van der Waals surface area contributed by atoms with Crippen LogP contribution in [0.25, 0.3) is 0 Å². The summed E-state index contributed by atoms with van der Waals surface area (Å²) in [7, 11) is 1.55. The second-order valence-electron chi connectivity index (χ2n) is 5.17. The highest BCUT2D eigenvalue weighted by Crippen LogP contribution is 2.27. The van der Waals surface area contributed by atoms with Crippen LogP contribution in [0.5, 0.6) is 5.75 Å². The highest BCUT2D eigenvalue weighted by Gasteiger charge is 2.21. The molecular formula is C15H22FNO. The van der Waals surface area contributed by atoms with Crippen LogP contribution in [-0.4, -0.2) is 13.2 Å². The molecule has 3 heteroatoms. The average Bonchev–Trinajstić information content (AvgIpc) is 2.90. The van der Waals surface area contributed by atoms with E-state index in [2.05, 4.69) is 12.2 Å². The molecule has 2 nitrogen and oxygen atoms in total. The Bertz CT molecular complexity index is 388. The van der Waals surface area contributed by atoms with Crippen molar-refractivity contribution in [3.05, 3.63) is 29.6 Å². The summed E-state index contributed by atoms with van der Waals surface area (Å²) in [6.07, 6.45) is 5.29. The maximum absolute atomic E-state index is 13.7. The van der Waals surface area contributed by atoms with Crippen LogP contribution in [0.2, 0.25) is 0 Å². The summed E-state index contributed by atoms with van der Waals surface area (Å²) in [6, 6.07) is 5.51. The molecule has 0 saturated heterocycles. The molecule has 1 fully saturated rings. The number of benzene rings is 1. The normalized spacial score (nSPS) is 17.9. The number of rotatable bonds is 5. The van der Waals surface area contributed by atoms with E-state index in [1.165, 1.54) is 31.7 Å². The first-order chi connectivity index (χ1) is 8.70. The van der Waals surface area contributed by atoms with Crippen LogP contribution >= 0.6 is 0 Å². The maximum atomic E-state index is 13.7. The summed E-state index contributed by atoms with van der Waals surface area (Å²) >= 11 is 0. The lowest BCUT2D eigenvalue weighted by Crippen LogP contribution is -2.32. The van der Waals surface area contributed by atoms with Gasteiger partial charge in [-0.2, -0.15) is 0 Å². The molecule has 1 atom stereocenters. The van der Waals surface area contributed by atoms with Crippen molar-refractivity contribution in [2.75, 3.05) is 7.11 Å². The van der Waals surface area contributed by atoms with Gasteiger partial charge in [0, 0.05) is 24.2 Å². The van der Waals surface area contributed by atoms with Crippen molar-refractivity contribution in [1.29, 1.82) is 0 Å². The van der Waals surface area contributed by atoms with Gasteiger partial charge in [0.15, 0.2) is 0 Å². The predicted octanol–water partition coefficient (Wildman–Crippen LogP) is 3.50. The van der Waals surface area contributed by atoms with E-state index in [0.29, 0.717) is 23.9 Å². The average molecular weight is 251 g/mol. The van der Waals surface area contributed by atoms with Crippen molar-refractivity contribution in [2.24, 2.45) is 5.92 Å². The molecule has 0 spiro atoms. The topological polar surface area (TPSA) is 21.3 Å². The molecule has 2 rings (SSSR count). The quantitative estimate of drug-likeness (QED) is 0.864. The summed E-state index contributed by atoms with van der Waals surface area (Å²) in [5.74, 6) is 1.13. The third-order valence-corrected chi connectivity index (χ3v) is 3.98. The fraction of sp³-hybridized carbons (Fsp3) is 0.600. The van der Waals surface area contributed by atoms with Crippen LogP contribution < -0.4 is 10.1 Å². The lowest BCUT2D eigenvalue weighted by molar-refractivity contribution is 0.377. The van der Waals surface area contributed by atoms with Gasteiger partial charge in [-0.1, -0.05) is 18.9 Å². The summed E-state index contributed by atoms with van der Waals surface area (Å²) in [5, 5.41) is 3.44. The molecule has 1 N–H and O–H groups in total. The van der Waals surface area contributed by atoms with E-state index in [1.807, 2.05) is 0 Å². The van der Waals surface area contributed by atoms with Gasteiger partial charge >= 0.3 is 0 Å². The Hall–Kier alpha value is -1.09. The summed E-state index contributed by atoms with van der Waals surface area (Å²) in [5.41, 5.74) is 0.709. The third kappa shape index (κ3) is 3.22. The van der Waals surface area contributed by atoms with Gasteiger partial charge in [-0.05, 0) is 31.7 Å². The third-order valence-electron chi connectivity index (χ3n) is 3.98. The second-order valence-corrected chi connectivity index (χ2v) is 5.17. The zero-order chi connectivity index (χ0) is 13.0. The Kier molecular flexibility index (Phi) is 4.59. The van der Waals surface area contributed by atoms with Gasteiger partial charge in [0.2, 0.25) is 0 Å². The van der Waals surface area contributed by atoms with Gasteiger partial charge in [-0.3, -0.25) is 0 Å². The van der Waals surface area contributed by atoms with E-state index in [0.717, 1.165) is 5.92 Å². The molecule has 1 aliphatic carbocycles. The van der Waals surface area contributed by atoms with Gasteiger partial charge in [0.05, 0.1) is 7.11 Å². The lowest BCUT2D eigenvalue weighted by Gasteiger charge is -2.20. The molecule has 0 amide bonds. The highest BCUT2D eigenvalue weighted by molar-refractivity contribution is 5.28. The molecular weight excluding hydrogens is 229 g/mol. The molecule has 0 aromatic heterocycles. The van der Waals surface area contributed by atoms with Crippen LogP contribution in [0.1, 0.15) is 38.2 Å².